The molecule has 1 amide bonds. The van der Waals surface area contributed by atoms with Crippen LogP contribution >= 0.6 is 0 Å². The summed E-state index contributed by atoms with van der Waals surface area (Å²) < 4.78 is 0. The van der Waals surface area contributed by atoms with Gasteiger partial charge in [0.1, 0.15) is 0 Å². The van der Waals surface area contributed by atoms with Crippen molar-refractivity contribution >= 4 is 6.09 Å². The zero-order valence-electron chi connectivity index (χ0n) is 10.4. The highest BCUT2D eigenvalue weighted by Gasteiger charge is 2.27. The first-order valence-corrected chi connectivity index (χ1v) is 5.53. The van der Waals surface area contributed by atoms with Crippen molar-refractivity contribution in [1.82, 2.24) is 5.32 Å². The van der Waals surface area contributed by atoms with Crippen molar-refractivity contribution in [3.05, 3.63) is 35.4 Å². The van der Waals surface area contributed by atoms with Crippen molar-refractivity contribution in [2.45, 2.75) is 33.4 Å². The van der Waals surface area contributed by atoms with E-state index in [4.69, 9.17) is 10.2 Å². The van der Waals surface area contributed by atoms with Crippen LogP contribution in [0.3, 0.4) is 0 Å². The van der Waals surface area contributed by atoms with Gasteiger partial charge in [-0.3, -0.25) is 0 Å². The molecule has 0 fully saturated rings. The van der Waals surface area contributed by atoms with Crippen LogP contribution in [0, 0.1) is 5.41 Å². The predicted octanol–water partition coefficient (Wildman–Crippen LogP) is 2.53. The monoisotopic (exact) mass is 237 g/mol. The van der Waals surface area contributed by atoms with Crippen molar-refractivity contribution in [2.24, 2.45) is 5.41 Å². The molecule has 1 rings (SSSR count). The van der Waals surface area contributed by atoms with E-state index in [1.165, 1.54) is 0 Å². The first-order chi connectivity index (χ1) is 7.84. The number of aliphatic hydroxyl groups excluding tert-OH is 1. The van der Waals surface area contributed by atoms with Crippen LogP contribution in [0.4, 0.5) is 4.79 Å². The summed E-state index contributed by atoms with van der Waals surface area (Å²) in [4.78, 5) is 10.8. The Morgan fingerprint density at radius 1 is 1.41 bits per heavy atom. The number of carbonyl (C=O) groups is 1. The molecule has 1 aromatic carbocycles. The largest absolute Gasteiger partial charge is 0.465 e. The van der Waals surface area contributed by atoms with E-state index in [1.54, 1.807) is 0 Å². The Balaban J connectivity index is 3.08. The third-order valence-electron chi connectivity index (χ3n) is 2.60. The van der Waals surface area contributed by atoms with Crippen LogP contribution in [0.2, 0.25) is 0 Å². The Bertz CT molecular complexity index is 396. The summed E-state index contributed by atoms with van der Waals surface area (Å²) in [6.45, 7) is 5.87. The van der Waals surface area contributed by atoms with Crippen molar-refractivity contribution in [2.75, 3.05) is 0 Å². The summed E-state index contributed by atoms with van der Waals surface area (Å²) in [5, 5.41) is 20.5. The predicted molar refractivity (Wildman–Crippen MR) is 65.7 cm³/mol. The van der Waals surface area contributed by atoms with Crippen molar-refractivity contribution in [3.63, 3.8) is 0 Å². The molecule has 3 N–H and O–H groups in total. The summed E-state index contributed by atoms with van der Waals surface area (Å²) in [7, 11) is 0. The Morgan fingerprint density at radius 3 is 2.53 bits per heavy atom. The van der Waals surface area contributed by atoms with Gasteiger partial charge in [0.2, 0.25) is 0 Å². The molecule has 0 aliphatic rings. The highest BCUT2D eigenvalue weighted by atomic mass is 16.4. The maximum absolute atomic E-state index is 10.8. The van der Waals surface area contributed by atoms with Crippen LogP contribution in [0.5, 0.6) is 0 Å². The fraction of sp³-hybridized carbons (Fsp3) is 0.462. The van der Waals surface area contributed by atoms with Crippen LogP contribution in [-0.4, -0.2) is 16.3 Å². The van der Waals surface area contributed by atoms with Crippen molar-refractivity contribution in [1.29, 1.82) is 0 Å². The Labute approximate surface area is 101 Å². The quantitative estimate of drug-likeness (QED) is 0.756. The molecule has 0 bridgehead atoms. The number of amides is 1. The fourth-order valence-electron chi connectivity index (χ4n) is 1.79. The number of hydrogen-bond donors (Lipinski definition) is 3. The lowest BCUT2D eigenvalue weighted by Crippen LogP contribution is -2.35. The number of benzene rings is 1. The van der Waals surface area contributed by atoms with Gasteiger partial charge in [0.05, 0.1) is 12.6 Å². The summed E-state index contributed by atoms with van der Waals surface area (Å²) in [5.74, 6) is 0. The maximum Gasteiger partial charge on any atom is 0.405 e. The lowest BCUT2D eigenvalue weighted by molar-refractivity contribution is 0.175. The van der Waals surface area contributed by atoms with Crippen LogP contribution in [0.25, 0.3) is 0 Å². The normalized spacial score (nSPS) is 13.2. The van der Waals surface area contributed by atoms with Gasteiger partial charge in [0.25, 0.3) is 0 Å². The molecule has 1 atom stereocenters. The van der Waals surface area contributed by atoms with Gasteiger partial charge in [-0.25, -0.2) is 4.79 Å². The van der Waals surface area contributed by atoms with E-state index in [0.717, 1.165) is 11.1 Å². The van der Waals surface area contributed by atoms with Gasteiger partial charge in [-0.15, -0.1) is 0 Å². The van der Waals surface area contributed by atoms with Crippen LogP contribution in [0.1, 0.15) is 37.9 Å². The van der Waals surface area contributed by atoms with E-state index < -0.39 is 6.09 Å². The molecule has 0 saturated carbocycles. The molecule has 0 saturated heterocycles. The molecule has 4 nitrogen and oxygen atoms in total. The summed E-state index contributed by atoms with van der Waals surface area (Å²) in [6, 6.07) is 7.02. The molecule has 0 radical (unpaired) electrons. The molecule has 1 aromatic rings. The topological polar surface area (TPSA) is 69.6 Å². The molecule has 4 heteroatoms. The van der Waals surface area contributed by atoms with Crippen molar-refractivity contribution in [3.8, 4) is 0 Å². The number of aliphatic hydroxyl groups is 1. The van der Waals surface area contributed by atoms with E-state index in [-0.39, 0.29) is 18.1 Å². The average molecular weight is 237 g/mol. The average Bonchev–Trinajstić information content (AvgIpc) is 2.24. The molecule has 0 aliphatic heterocycles. The summed E-state index contributed by atoms with van der Waals surface area (Å²) in [5.41, 5.74) is 1.42. The Morgan fingerprint density at radius 2 is 2.06 bits per heavy atom. The second-order valence-corrected chi connectivity index (χ2v) is 5.15. The van der Waals surface area contributed by atoms with E-state index in [9.17, 15) is 4.79 Å². The highest BCUT2D eigenvalue weighted by molar-refractivity contribution is 5.65. The summed E-state index contributed by atoms with van der Waals surface area (Å²) in [6.07, 6.45) is -1.04. The molecule has 1 unspecified atom stereocenters. The highest BCUT2D eigenvalue weighted by Crippen LogP contribution is 2.32. The molecule has 0 heterocycles. The number of hydrogen-bond acceptors (Lipinski definition) is 2. The van der Waals surface area contributed by atoms with Gasteiger partial charge in [0.15, 0.2) is 0 Å². The number of nitrogens with one attached hydrogen (secondary N) is 1. The van der Waals surface area contributed by atoms with E-state index in [2.05, 4.69) is 5.32 Å². The van der Waals surface area contributed by atoms with E-state index >= 15 is 0 Å². The minimum atomic E-state index is -1.04. The second-order valence-electron chi connectivity index (χ2n) is 5.15. The first kappa shape index (κ1) is 13.5. The van der Waals surface area contributed by atoms with Gasteiger partial charge in [-0.2, -0.15) is 0 Å². The Kier molecular flexibility index (Phi) is 4.12. The van der Waals surface area contributed by atoms with Crippen LogP contribution in [0.15, 0.2) is 24.3 Å². The smallest absolute Gasteiger partial charge is 0.405 e. The van der Waals surface area contributed by atoms with Crippen LogP contribution < -0.4 is 5.32 Å². The zero-order valence-corrected chi connectivity index (χ0v) is 10.4. The minimum absolute atomic E-state index is 0.0439. The van der Waals surface area contributed by atoms with Gasteiger partial charge >= 0.3 is 6.09 Å². The summed E-state index contributed by atoms with van der Waals surface area (Å²) >= 11 is 0. The van der Waals surface area contributed by atoms with Gasteiger partial charge < -0.3 is 15.5 Å². The van der Waals surface area contributed by atoms with Gasteiger partial charge in [0, 0.05) is 0 Å². The minimum Gasteiger partial charge on any atom is -0.465 e. The molecule has 0 aliphatic carbocycles. The molecule has 0 aromatic heterocycles. The number of rotatable bonds is 3. The standard InChI is InChI=1S/C13H19NO3/c1-13(2,3)11(14-12(16)17)10-6-4-5-9(7-10)8-15/h4-7,11,14-15H,8H2,1-3H3,(H,16,17). The molecule has 17 heavy (non-hydrogen) atoms. The third-order valence-corrected chi connectivity index (χ3v) is 2.60. The van der Waals surface area contributed by atoms with E-state index in [1.807, 2.05) is 45.0 Å². The zero-order chi connectivity index (χ0) is 13.1. The lowest BCUT2D eigenvalue weighted by Gasteiger charge is -2.31. The molecular formula is C13H19NO3. The van der Waals surface area contributed by atoms with Gasteiger partial charge in [-0.1, -0.05) is 45.0 Å². The SMILES string of the molecule is CC(C)(C)C(NC(=O)O)c1cccc(CO)c1. The Hall–Kier alpha value is -1.55. The first-order valence-electron chi connectivity index (χ1n) is 5.53. The molecular weight excluding hydrogens is 218 g/mol. The maximum atomic E-state index is 10.8. The molecule has 94 valence electrons. The van der Waals surface area contributed by atoms with Crippen molar-refractivity contribution < 1.29 is 15.0 Å². The number of carboxylic acid groups (broad SMARTS) is 1. The van der Waals surface area contributed by atoms with Gasteiger partial charge in [-0.05, 0) is 16.5 Å². The van der Waals surface area contributed by atoms with E-state index in [0.29, 0.717) is 0 Å². The third kappa shape index (κ3) is 3.75. The lowest BCUT2D eigenvalue weighted by atomic mass is 9.82. The fourth-order valence-corrected chi connectivity index (χ4v) is 1.79. The van der Waals surface area contributed by atoms with Crippen LogP contribution in [-0.2, 0) is 6.61 Å². The second kappa shape index (κ2) is 5.19. The molecule has 0 spiro atoms.